The van der Waals surface area contributed by atoms with Crippen LogP contribution in [-0.2, 0) is 0 Å². The lowest BCUT2D eigenvalue weighted by Gasteiger charge is -2.04. The number of hydrogen-bond acceptors (Lipinski definition) is 3. The number of halogens is 2. The second-order valence-electron chi connectivity index (χ2n) is 2.69. The van der Waals surface area contributed by atoms with E-state index in [0.29, 0.717) is 0 Å². The van der Waals surface area contributed by atoms with Crippen molar-refractivity contribution in [2.24, 2.45) is 0 Å². The molecule has 0 amide bonds. The zero-order valence-corrected chi connectivity index (χ0v) is 6.98. The number of hydrogen-bond donors (Lipinski definition) is 1. The molecule has 1 heterocycles. The van der Waals surface area contributed by atoms with Crippen molar-refractivity contribution in [1.82, 2.24) is 14.8 Å². The van der Waals surface area contributed by atoms with Crippen molar-refractivity contribution in [3.8, 4) is 5.69 Å². The summed E-state index contributed by atoms with van der Waals surface area (Å²) in [4.78, 5) is 0. The molecule has 1 aromatic carbocycles. The summed E-state index contributed by atoms with van der Waals surface area (Å²) in [5.74, 6) is -1.49. The Hall–Kier alpha value is -1.98. The maximum absolute atomic E-state index is 13.2. The normalized spacial score (nSPS) is 10.4. The van der Waals surface area contributed by atoms with E-state index in [1.54, 1.807) is 0 Å². The Balaban J connectivity index is 2.60. The number of nitrogen functional groups attached to an aromatic ring is 1. The zero-order valence-electron chi connectivity index (χ0n) is 6.98. The van der Waals surface area contributed by atoms with E-state index >= 15 is 0 Å². The second-order valence-corrected chi connectivity index (χ2v) is 2.69. The van der Waals surface area contributed by atoms with E-state index in [1.807, 2.05) is 0 Å². The molecule has 0 saturated heterocycles. The summed E-state index contributed by atoms with van der Waals surface area (Å²) in [6, 6.07) is 1.92. The number of nitrogens with zero attached hydrogens (tertiary/aromatic N) is 3. The van der Waals surface area contributed by atoms with Gasteiger partial charge in [-0.15, -0.1) is 10.2 Å². The molecule has 1 aromatic heterocycles. The van der Waals surface area contributed by atoms with Gasteiger partial charge in [0.25, 0.3) is 0 Å². The van der Waals surface area contributed by atoms with Crippen molar-refractivity contribution in [3.05, 3.63) is 36.4 Å². The first-order valence-corrected chi connectivity index (χ1v) is 3.78. The van der Waals surface area contributed by atoms with Crippen LogP contribution in [0.15, 0.2) is 24.8 Å². The third-order valence-corrected chi connectivity index (χ3v) is 1.76. The van der Waals surface area contributed by atoms with Crippen LogP contribution >= 0.6 is 0 Å². The molecule has 72 valence electrons. The summed E-state index contributed by atoms with van der Waals surface area (Å²) in [5, 5.41) is 7.01. The summed E-state index contributed by atoms with van der Waals surface area (Å²) in [7, 11) is 0. The maximum Gasteiger partial charge on any atom is 0.150 e. The molecule has 0 spiro atoms. The Labute approximate surface area is 78.0 Å². The first-order chi connectivity index (χ1) is 6.68. The average Bonchev–Trinajstić information content (AvgIpc) is 2.64. The molecule has 2 rings (SSSR count). The highest BCUT2D eigenvalue weighted by molar-refractivity contribution is 5.49. The lowest BCUT2D eigenvalue weighted by atomic mass is 10.2. The van der Waals surface area contributed by atoms with Gasteiger partial charge in [-0.25, -0.2) is 8.78 Å². The van der Waals surface area contributed by atoms with Gasteiger partial charge in [0.1, 0.15) is 24.3 Å². The van der Waals surface area contributed by atoms with Gasteiger partial charge in [0.2, 0.25) is 0 Å². The van der Waals surface area contributed by atoms with Gasteiger partial charge >= 0.3 is 0 Å². The molecule has 0 aliphatic rings. The van der Waals surface area contributed by atoms with Crippen molar-refractivity contribution in [3.63, 3.8) is 0 Å². The highest BCUT2D eigenvalue weighted by atomic mass is 19.1. The van der Waals surface area contributed by atoms with Gasteiger partial charge in [-0.05, 0) is 6.07 Å². The minimum absolute atomic E-state index is 0.116. The number of anilines is 1. The molecule has 2 N–H and O–H groups in total. The predicted molar refractivity (Wildman–Crippen MR) is 45.7 cm³/mol. The van der Waals surface area contributed by atoms with Gasteiger partial charge in [0.15, 0.2) is 0 Å². The number of nitrogens with two attached hydrogens (primary N) is 1. The van der Waals surface area contributed by atoms with Crippen molar-refractivity contribution in [2.75, 3.05) is 5.73 Å². The topological polar surface area (TPSA) is 56.7 Å². The van der Waals surface area contributed by atoms with Crippen LogP contribution in [0.4, 0.5) is 14.5 Å². The molecular formula is C8H6F2N4. The second kappa shape index (κ2) is 3.06. The van der Waals surface area contributed by atoms with E-state index in [9.17, 15) is 8.78 Å². The van der Waals surface area contributed by atoms with Crippen molar-refractivity contribution in [1.29, 1.82) is 0 Å². The van der Waals surface area contributed by atoms with Crippen LogP contribution in [0.25, 0.3) is 5.69 Å². The molecule has 2 aromatic rings. The van der Waals surface area contributed by atoms with Crippen LogP contribution in [-0.4, -0.2) is 14.8 Å². The van der Waals surface area contributed by atoms with Crippen LogP contribution in [0.1, 0.15) is 0 Å². The summed E-state index contributed by atoms with van der Waals surface area (Å²) in [5.41, 5.74) is 5.30. The smallest absolute Gasteiger partial charge is 0.150 e. The van der Waals surface area contributed by atoms with Gasteiger partial charge in [0.05, 0.1) is 11.4 Å². The number of rotatable bonds is 1. The predicted octanol–water partition coefficient (Wildman–Crippen LogP) is 1.13. The Morgan fingerprint density at radius 3 is 2.36 bits per heavy atom. The van der Waals surface area contributed by atoms with E-state index in [0.717, 1.165) is 6.07 Å². The van der Waals surface area contributed by atoms with Crippen LogP contribution in [0.5, 0.6) is 0 Å². The van der Waals surface area contributed by atoms with Crippen LogP contribution in [0.3, 0.4) is 0 Å². The SMILES string of the molecule is Nc1cc(-n2cnnc2)c(F)cc1F. The quantitative estimate of drug-likeness (QED) is 0.695. The molecule has 14 heavy (non-hydrogen) atoms. The average molecular weight is 196 g/mol. The number of benzene rings is 1. The van der Waals surface area contributed by atoms with E-state index in [1.165, 1.54) is 23.3 Å². The molecule has 6 heteroatoms. The van der Waals surface area contributed by atoms with Crippen molar-refractivity contribution in [2.45, 2.75) is 0 Å². The fraction of sp³-hybridized carbons (Fsp3) is 0. The van der Waals surface area contributed by atoms with Gasteiger partial charge in [-0.3, -0.25) is 4.57 Å². The molecule has 0 radical (unpaired) electrons. The third kappa shape index (κ3) is 1.30. The van der Waals surface area contributed by atoms with Crippen molar-refractivity contribution < 1.29 is 8.78 Å². The van der Waals surface area contributed by atoms with E-state index in [4.69, 9.17) is 5.73 Å². The lowest BCUT2D eigenvalue weighted by Crippen LogP contribution is -1.99. The van der Waals surface area contributed by atoms with Crippen LogP contribution in [0, 0.1) is 11.6 Å². The zero-order chi connectivity index (χ0) is 10.1. The fourth-order valence-electron chi connectivity index (χ4n) is 1.08. The fourth-order valence-corrected chi connectivity index (χ4v) is 1.08. The maximum atomic E-state index is 13.2. The first kappa shape index (κ1) is 8.61. The molecule has 4 nitrogen and oxygen atoms in total. The van der Waals surface area contributed by atoms with E-state index < -0.39 is 11.6 Å². The minimum Gasteiger partial charge on any atom is -0.396 e. The van der Waals surface area contributed by atoms with Crippen molar-refractivity contribution >= 4 is 5.69 Å². The van der Waals surface area contributed by atoms with Crippen LogP contribution in [0.2, 0.25) is 0 Å². The third-order valence-electron chi connectivity index (χ3n) is 1.76. The Bertz CT molecular complexity index is 453. The highest BCUT2D eigenvalue weighted by Crippen LogP contribution is 2.19. The minimum atomic E-state index is -0.778. The summed E-state index contributed by atoms with van der Waals surface area (Å²) in [6.45, 7) is 0. The Kier molecular flexibility index (Phi) is 1.88. The van der Waals surface area contributed by atoms with E-state index in [-0.39, 0.29) is 11.4 Å². The molecule has 0 bridgehead atoms. The van der Waals surface area contributed by atoms with E-state index in [2.05, 4.69) is 10.2 Å². The lowest BCUT2D eigenvalue weighted by molar-refractivity contribution is 0.580. The Morgan fingerprint density at radius 1 is 1.07 bits per heavy atom. The highest BCUT2D eigenvalue weighted by Gasteiger charge is 2.08. The Morgan fingerprint density at radius 2 is 1.71 bits per heavy atom. The van der Waals surface area contributed by atoms with Crippen LogP contribution < -0.4 is 5.73 Å². The van der Waals surface area contributed by atoms with Gasteiger partial charge in [-0.2, -0.15) is 0 Å². The summed E-state index contributed by atoms with van der Waals surface area (Å²) >= 11 is 0. The molecular weight excluding hydrogens is 190 g/mol. The van der Waals surface area contributed by atoms with Gasteiger partial charge in [-0.1, -0.05) is 0 Å². The molecule has 0 saturated carbocycles. The first-order valence-electron chi connectivity index (χ1n) is 3.78. The number of aromatic nitrogens is 3. The standard InChI is InChI=1S/C8H6F2N4/c9-5-1-6(10)8(2-7(5)11)14-3-12-13-4-14/h1-4H,11H2. The molecule has 0 unspecified atom stereocenters. The monoisotopic (exact) mass is 196 g/mol. The molecule has 0 fully saturated rings. The largest absolute Gasteiger partial charge is 0.396 e. The summed E-state index contributed by atoms with van der Waals surface area (Å²) in [6.07, 6.45) is 2.60. The van der Waals surface area contributed by atoms with Gasteiger partial charge in [0, 0.05) is 6.07 Å². The molecule has 0 aliphatic carbocycles. The molecule has 0 aliphatic heterocycles. The summed E-state index contributed by atoms with van der Waals surface area (Å²) < 4.78 is 27.3. The van der Waals surface area contributed by atoms with Gasteiger partial charge < -0.3 is 5.73 Å². The molecule has 0 atom stereocenters.